The molecule has 1 heterocycles. The first kappa shape index (κ1) is 14.7. The lowest BCUT2D eigenvalue weighted by Crippen LogP contribution is -2.53. The van der Waals surface area contributed by atoms with Gasteiger partial charge in [0.2, 0.25) is 0 Å². The van der Waals surface area contributed by atoms with E-state index in [-0.39, 0.29) is 0 Å². The maximum absolute atomic E-state index is 11.4. The second-order valence-corrected chi connectivity index (χ2v) is 4.79. The summed E-state index contributed by atoms with van der Waals surface area (Å²) in [6.45, 7) is 6.93. The Labute approximate surface area is 108 Å². The van der Waals surface area contributed by atoms with Crippen LogP contribution in [0, 0.1) is 0 Å². The van der Waals surface area contributed by atoms with Gasteiger partial charge in [0.15, 0.2) is 0 Å². The van der Waals surface area contributed by atoms with E-state index < -0.39 is 11.5 Å². The third-order valence-corrected chi connectivity index (χ3v) is 3.00. The lowest BCUT2D eigenvalue weighted by Gasteiger charge is -2.27. The molecular formula is C13H23N3O2. The van der Waals surface area contributed by atoms with Gasteiger partial charge in [0.1, 0.15) is 11.4 Å². The molecular weight excluding hydrogens is 230 g/mol. The molecule has 0 aromatic carbocycles. The van der Waals surface area contributed by atoms with Crippen LogP contribution in [-0.2, 0) is 17.8 Å². The van der Waals surface area contributed by atoms with Crippen LogP contribution < -0.4 is 5.32 Å². The molecule has 0 bridgehead atoms. The summed E-state index contributed by atoms with van der Waals surface area (Å²) in [6.07, 6.45) is 6.36. The van der Waals surface area contributed by atoms with Crippen LogP contribution in [0.5, 0.6) is 0 Å². The zero-order valence-electron chi connectivity index (χ0n) is 11.4. The van der Waals surface area contributed by atoms with Gasteiger partial charge < -0.3 is 15.0 Å². The van der Waals surface area contributed by atoms with Crippen molar-refractivity contribution in [1.29, 1.82) is 0 Å². The Balaban J connectivity index is 2.82. The van der Waals surface area contributed by atoms with Crippen LogP contribution in [0.3, 0.4) is 0 Å². The van der Waals surface area contributed by atoms with E-state index in [4.69, 9.17) is 0 Å². The molecule has 0 spiro atoms. The van der Waals surface area contributed by atoms with E-state index in [2.05, 4.69) is 17.2 Å². The summed E-state index contributed by atoms with van der Waals surface area (Å²) < 4.78 is 1.93. The SMILES string of the molecule is CCCNC(C)(Cn1ccnc1CCC)C(=O)O. The summed E-state index contributed by atoms with van der Waals surface area (Å²) in [7, 11) is 0. The van der Waals surface area contributed by atoms with Crippen LogP contribution in [0.1, 0.15) is 39.4 Å². The van der Waals surface area contributed by atoms with Crippen molar-refractivity contribution < 1.29 is 9.90 Å². The molecule has 0 saturated heterocycles. The van der Waals surface area contributed by atoms with E-state index in [1.54, 1.807) is 13.1 Å². The summed E-state index contributed by atoms with van der Waals surface area (Å²) in [5.74, 6) is 0.121. The van der Waals surface area contributed by atoms with Gasteiger partial charge in [-0.2, -0.15) is 0 Å². The monoisotopic (exact) mass is 253 g/mol. The third kappa shape index (κ3) is 3.57. The van der Waals surface area contributed by atoms with E-state index in [9.17, 15) is 9.90 Å². The summed E-state index contributed by atoms with van der Waals surface area (Å²) in [4.78, 5) is 15.7. The number of aromatic nitrogens is 2. The lowest BCUT2D eigenvalue weighted by molar-refractivity contribution is -0.144. The second-order valence-electron chi connectivity index (χ2n) is 4.79. The Morgan fingerprint density at radius 2 is 2.22 bits per heavy atom. The Morgan fingerprint density at radius 3 is 2.78 bits per heavy atom. The third-order valence-electron chi connectivity index (χ3n) is 3.00. The Kier molecular flexibility index (Phi) is 5.34. The molecule has 102 valence electrons. The normalized spacial score (nSPS) is 14.4. The van der Waals surface area contributed by atoms with E-state index in [1.807, 2.05) is 17.7 Å². The molecule has 1 atom stereocenters. The van der Waals surface area contributed by atoms with Gasteiger partial charge in [0.25, 0.3) is 0 Å². The van der Waals surface area contributed by atoms with E-state index in [1.165, 1.54) is 0 Å². The zero-order chi connectivity index (χ0) is 13.6. The van der Waals surface area contributed by atoms with Crippen molar-refractivity contribution in [2.24, 2.45) is 0 Å². The molecule has 5 nitrogen and oxygen atoms in total. The maximum atomic E-state index is 11.4. The number of carboxylic acid groups (broad SMARTS) is 1. The Hall–Kier alpha value is -1.36. The molecule has 1 rings (SSSR count). The van der Waals surface area contributed by atoms with Crippen molar-refractivity contribution in [2.75, 3.05) is 6.54 Å². The minimum absolute atomic E-state index is 0.400. The van der Waals surface area contributed by atoms with Gasteiger partial charge in [0.05, 0.1) is 6.54 Å². The van der Waals surface area contributed by atoms with Gasteiger partial charge in [-0.3, -0.25) is 4.79 Å². The molecule has 18 heavy (non-hydrogen) atoms. The van der Waals surface area contributed by atoms with E-state index in [0.717, 1.165) is 25.1 Å². The molecule has 1 aromatic heterocycles. The van der Waals surface area contributed by atoms with E-state index >= 15 is 0 Å². The van der Waals surface area contributed by atoms with Crippen molar-refractivity contribution in [1.82, 2.24) is 14.9 Å². The van der Waals surface area contributed by atoms with Crippen LogP contribution in [0.4, 0.5) is 0 Å². The van der Waals surface area contributed by atoms with Crippen LogP contribution in [0.15, 0.2) is 12.4 Å². The first-order chi connectivity index (χ1) is 8.53. The number of rotatable bonds is 8. The second kappa shape index (κ2) is 6.54. The van der Waals surface area contributed by atoms with Crippen molar-refractivity contribution in [2.45, 2.75) is 52.1 Å². The highest BCUT2D eigenvalue weighted by Crippen LogP contribution is 2.11. The van der Waals surface area contributed by atoms with Gasteiger partial charge >= 0.3 is 5.97 Å². The summed E-state index contributed by atoms with van der Waals surface area (Å²) in [5.41, 5.74) is -0.945. The number of aliphatic carboxylic acids is 1. The highest BCUT2D eigenvalue weighted by Gasteiger charge is 2.33. The lowest BCUT2D eigenvalue weighted by atomic mass is 10.0. The summed E-state index contributed by atoms with van der Waals surface area (Å²) >= 11 is 0. The van der Waals surface area contributed by atoms with Gasteiger partial charge in [-0.15, -0.1) is 0 Å². The molecule has 5 heteroatoms. The highest BCUT2D eigenvalue weighted by atomic mass is 16.4. The molecule has 2 N–H and O–H groups in total. The fourth-order valence-electron chi connectivity index (χ4n) is 1.88. The average Bonchev–Trinajstić information content (AvgIpc) is 2.74. The average molecular weight is 253 g/mol. The molecule has 0 amide bonds. The summed E-state index contributed by atoms with van der Waals surface area (Å²) in [6, 6.07) is 0. The number of aryl methyl sites for hydroxylation is 1. The predicted octanol–water partition coefficient (Wildman–Crippen LogP) is 1.68. The molecule has 0 radical (unpaired) electrons. The number of carboxylic acids is 1. The topological polar surface area (TPSA) is 67.2 Å². The van der Waals surface area contributed by atoms with Crippen LogP contribution in [0.25, 0.3) is 0 Å². The van der Waals surface area contributed by atoms with Gasteiger partial charge in [-0.05, 0) is 26.3 Å². The maximum Gasteiger partial charge on any atom is 0.325 e. The van der Waals surface area contributed by atoms with Gasteiger partial charge in [-0.25, -0.2) is 4.98 Å². The minimum atomic E-state index is -0.945. The molecule has 1 unspecified atom stereocenters. The smallest absolute Gasteiger partial charge is 0.325 e. The molecule has 0 aliphatic rings. The van der Waals surface area contributed by atoms with Crippen LogP contribution in [0.2, 0.25) is 0 Å². The highest BCUT2D eigenvalue weighted by molar-refractivity contribution is 5.78. The van der Waals surface area contributed by atoms with Crippen molar-refractivity contribution in [3.63, 3.8) is 0 Å². The Bertz CT molecular complexity index is 389. The van der Waals surface area contributed by atoms with E-state index in [0.29, 0.717) is 13.1 Å². The Morgan fingerprint density at radius 1 is 1.50 bits per heavy atom. The minimum Gasteiger partial charge on any atom is -0.480 e. The largest absolute Gasteiger partial charge is 0.480 e. The van der Waals surface area contributed by atoms with Crippen LogP contribution in [-0.4, -0.2) is 32.7 Å². The van der Waals surface area contributed by atoms with Gasteiger partial charge in [0, 0.05) is 18.8 Å². The molecule has 0 saturated carbocycles. The van der Waals surface area contributed by atoms with Gasteiger partial charge in [-0.1, -0.05) is 13.8 Å². The van der Waals surface area contributed by atoms with Crippen molar-refractivity contribution in [3.8, 4) is 0 Å². The molecule has 0 aliphatic heterocycles. The fourth-order valence-corrected chi connectivity index (χ4v) is 1.88. The standard InChI is InChI=1S/C13H23N3O2/c1-4-6-11-14-8-9-16(11)10-13(3,12(17)18)15-7-5-2/h8-9,15H,4-7,10H2,1-3H3,(H,17,18). The van der Waals surface area contributed by atoms with Crippen molar-refractivity contribution >= 4 is 5.97 Å². The predicted molar refractivity (Wildman–Crippen MR) is 70.6 cm³/mol. The number of nitrogens with one attached hydrogen (secondary N) is 1. The molecule has 1 aromatic rings. The zero-order valence-corrected chi connectivity index (χ0v) is 11.4. The van der Waals surface area contributed by atoms with Crippen LogP contribution >= 0.6 is 0 Å². The number of nitrogens with zero attached hydrogens (tertiary/aromatic N) is 2. The first-order valence-electron chi connectivity index (χ1n) is 6.52. The first-order valence-corrected chi connectivity index (χ1v) is 6.52. The molecule has 0 fully saturated rings. The number of hydrogen-bond donors (Lipinski definition) is 2. The number of imidazole rings is 1. The van der Waals surface area contributed by atoms with Crippen molar-refractivity contribution in [3.05, 3.63) is 18.2 Å². The number of hydrogen-bond acceptors (Lipinski definition) is 3. The summed E-state index contributed by atoms with van der Waals surface area (Å²) in [5, 5.41) is 12.5. The number of carbonyl (C=O) groups is 1. The fraction of sp³-hybridized carbons (Fsp3) is 0.692. The quantitative estimate of drug-likeness (QED) is 0.739. The molecule has 0 aliphatic carbocycles.